The van der Waals surface area contributed by atoms with Gasteiger partial charge in [0.1, 0.15) is 24.2 Å². The van der Waals surface area contributed by atoms with Gasteiger partial charge in [0.2, 0.25) is 0 Å². The molecule has 2 aromatic carbocycles. The molecule has 0 N–H and O–H groups in total. The number of hydrogen-bond acceptors (Lipinski definition) is 4. The van der Waals surface area contributed by atoms with E-state index in [4.69, 9.17) is 4.74 Å². The molecule has 0 aliphatic rings. The van der Waals surface area contributed by atoms with Gasteiger partial charge in [0.15, 0.2) is 0 Å². The van der Waals surface area contributed by atoms with Crippen molar-refractivity contribution in [1.82, 2.24) is 19.7 Å². The van der Waals surface area contributed by atoms with Crippen LogP contribution < -0.4 is 4.74 Å². The first-order valence-electron chi connectivity index (χ1n) is 8.07. The molecule has 0 fully saturated rings. The molecule has 1 atom stereocenters. The van der Waals surface area contributed by atoms with Crippen LogP contribution in [0.15, 0.2) is 55.1 Å². The second kappa shape index (κ2) is 7.35. The zero-order valence-corrected chi connectivity index (χ0v) is 14.8. The summed E-state index contributed by atoms with van der Waals surface area (Å²) in [4.78, 5) is 18.3. The SMILES string of the molecule is COc1ccc(F)cc1C(=O)N(C)C(C)c1ccc(-n2cncn2)cc1. The predicted octanol–water partition coefficient (Wildman–Crippen LogP) is 3.25. The van der Waals surface area contributed by atoms with Crippen molar-refractivity contribution < 1.29 is 13.9 Å². The van der Waals surface area contributed by atoms with Crippen molar-refractivity contribution in [2.45, 2.75) is 13.0 Å². The van der Waals surface area contributed by atoms with Crippen LogP contribution >= 0.6 is 0 Å². The van der Waals surface area contributed by atoms with E-state index in [-0.39, 0.29) is 17.5 Å². The van der Waals surface area contributed by atoms with Crippen LogP contribution in [0.2, 0.25) is 0 Å². The summed E-state index contributed by atoms with van der Waals surface area (Å²) >= 11 is 0. The standard InChI is InChI=1S/C19H19FN4O2/c1-13(14-4-7-16(8-5-14)24-12-21-11-22-24)23(2)19(25)17-10-15(20)6-9-18(17)26-3/h4-13H,1-3H3. The van der Waals surface area contributed by atoms with Gasteiger partial charge in [-0.3, -0.25) is 4.79 Å². The average molecular weight is 354 g/mol. The molecular formula is C19H19FN4O2. The Hall–Kier alpha value is -3.22. The first kappa shape index (κ1) is 17.6. The van der Waals surface area contributed by atoms with E-state index < -0.39 is 5.82 Å². The van der Waals surface area contributed by atoms with Gasteiger partial charge in [0.25, 0.3) is 5.91 Å². The topological polar surface area (TPSA) is 60.2 Å². The van der Waals surface area contributed by atoms with Crippen LogP contribution in [0.4, 0.5) is 4.39 Å². The van der Waals surface area contributed by atoms with Crippen LogP contribution in [-0.2, 0) is 0 Å². The Kier molecular flexibility index (Phi) is 4.97. The number of hydrogen-bond donors (Lipinski definition) is 0. The molecule has 1 aromatic heterocycles. The molecule has 3 aromatic rings. The number of methoxy groups -OCH3 is 1. The van der Waals surface area contributed by atoms with Crippen LogP contribution in [0.3, 0.4) is 0 Å². The summed E-state index contributed by atoms with van der Waals surface area (Å²) in [5.74, 6) is -0.446. The number of benzene rings is 2. The number of nitrogens with zero attached hydrogens (tertiary/aromatic N) is 4. The molecule has 26 heavy (non-hydrogen) atoms. The summed E-state index contributed by atoms with van der Waals surface area (Å²) in [5.41, 5.74) is 2.01. The quantitative estimate of drug-likeness (QED) is 0.706. The third kappa shape index (κ3) is 3.42. The van der Waals surface area contributed by atoms with E-state index in [1.165, 1.54) is 31.6 Å². The van der Waals surface area contributed by atoms with Crippen molar-refractivity contribution in [3.05, 3.63) is 72.1 Å². The number of aromatic nitrogens is 3. The normalized spacial score (nSPS) is 11.8. The lowest BCUT2D eigenvalue weighted by atomic mass is 10.1. The highest BCUT2D eigenvalue weighted by molar-refractivity contribution is 5.97. The number of amides is 1. The van der Waals surface area contributed by atoms with Gasteiger partial charge in [0, 0.05) is 7.05 Å². The maximum atomic E-state index is 13.6. The Bertz CT molecular complexity index is 894. The zero-order chi connectivity index (χ0) is 18.7. The highest BCUT2D eigenvalue weighted by Gasteiger charge is 2.22. The van der Waals surface area contributed by atoms with Crippen molar-refractivity contribution in [1.29, 1.82) is 0 Å². The molecule has 7 heteroatoms. The fraction of sp³-hybridized carbons (Fsp3) is 0.211. The van der Waals surface area contributed by atoms with Gasteiger partial charge in [-0.1, -0.05) is 12.1 Å². The highest BCUT2D eigenvalue weighted by Crippen LogP contribution is 2.26. The van der Waals surface area contributed by atoms with Gasteiger partial charge in [-0.2, -0.15) is 5.10 Å². The monoisotopic (exact) mass is 354 g/mol. The van der Waals surface area contributed by atoms with E-state index in [9.17, 15) is 9.18 Å². The van der Waals surface area contributed by atoms with E-state index in [1.54, 1.807) is 23.0 Å². The summed E-state index contributed by atoms with van der Waals surface area (Å²) < 4.78 is 20.4. The van der Waals surface area contributed by atoms with Crippen LogP contribution in [0.1, 0.15) is 28.9 Å². The molecule has 1 amide bonds. The zero-order valence-electron chi connectivity index (χ0n) is 14.8. The van der Waals surface area contributed by atoms with Crippen molar-refractivity contribution in [3.8, 4) is 11.4 Å². The second-order valence-electron chi connectivity index (χ2n) is 5.87. The minimum atomic E-state index is -0.479. The van der Waals surface area contributed by atoms with Gasteiger partial charge in [-0.05, 0) is 42.8 Å². The molecule has 134 valence electrons. The lowest BCUT2D eigenvalue weighted by Crippen LogP contribution is -2.30. The third-order valence-electron chi connectivity index (χ3n) is 4.35. The van der Waals surface area contributed by atoms with Crippen molar-refractivity contribution >= 4 is 5.91 Å². The Morgan fingerprint density at radius 1 is 1.23 bits per heavy atom. The summed E-state index contributed by atoms with van der Waals surface area (Å²) in [5, 5.41) is 4.08. The van der Waals surface area contributed by atoms with E-state index in [0.717, 1.165) is 11.3 Å². The lowest BCUT2D eigenvalue weighted by Gasteiger charge is -2.26. The molecule has 0 radical (unpaired) electrons. The molecule has 0 aliphatic carbocycles. The van der Waals surface area contributed by atoms with Gasteiger partial charge in [0.05, 0.1) is 24.4 Å². The van der Waals surface area contributed by atoms with E-state index in [1.807, 2.05) is 31.2 Å². The number of ether oxygens (including phenoxy) is 1. The minimum Gasteiger partial charge on any atom is -0.496 e. The van der Waals surface area contributed by atoms with Crippen LogP contribution in [0, 0.1) is 5.82 Å². The maximum absolute atomic E-state index is 13.6. The first-order chi connectivity index (χ1) is 12.5. The Balaban J connectivity index is 1.82. The third-order valence-corrected chi connectivity index (χ3v) is 4.35. The predicted molar refractivity (Wildman–Crippen MR) is 94.8 cm³/mol. The summed E-state index contributed by atoms with van der Waals surface area (Å²) in [6, 6.07) is 11.4. The Morgan fingerprint density at radius 3 is 2.58 bits per heavy atom. The second-order valence-corrected chi connectivity index (χ2v) is 5.87. The molecule has 0 saturated heterocycles. The largest absolute Gasteiger partial charge is 0.496 e. The van der Waals surface area contributed by atoms with Crippen molar-refractivity contribution in [2.75, 3.05) is 14.2 Å². The number of rotatable bonds is 5. The first-order valence-corrected chi connectivity index (χ1v) is 8.07. The van der Waals surface area contributed by atoms with Gasteiger partial charge in [-0.25, -0.2) is 14.1 Å². The molecular weight excluding hydrogens is 335 g/mol. The van der Waals surface area contributed by atoms with E-state index in [0.29, 0.717) is 5.75 Å². The number of carbonyl (C=O) groups excluding carboxylic acids is 1. The van der Waals surface area contributed by atoms with Crippen LogP contribution in [-0.4, -0.2) is 39.7 Å². The van der Waals surface area contributed by atoms with Gasteiger partial charge >= 0.3 is 0 Å². The Labute approximate surface area is 150 Å². The lowest BCUT2D eigenvalue weighted by molar-refractivity contribution is 0.0738. The van der Waals surface area contributed by atoms with Crippen molar-refractivity contribution in [2.24, 2.45) is 0 Å². The van der Waals surface area contributed by atoms with Gasteiger partial charge < -0.3 is 9.64 Å². The van der Waals surface area contributed by atoms with Gasteiger partial charge in [-0.15, -0.1) is 0 Å². The maximum Gasteiger partial charge on any atom is 0.257 e. The smallest absolute Gasteiger partial charge is 0.257 e. The summed E-state index contributed by atoms with van der Waals surface area (Å²) in [7, 11) is 3.14. The molecule has 1 unspecified atom stereocenters. The number of carbonyl (C=O) groups is 1. The summed E-state index contributed by atoms with van der Waals surface area (Å²) in [6.07, 6.45) is 3.08. The molecule has 0 aliphatic heterocycles. The van der Waals surface area contributed by atoms with E-state index in [2.05, 4.69) is 10.1 Å². The molecule has 1 heterocycles. The van der Waals surface area contributed by atoms with Crippen LogP contribution in [0.5, 0.6) is 5.75 Å². The van der Waals surface area contributed by atoms with Crippen LogP contribution in [0.25, 0.3) is 5.69 Å². The fourth-order valence-corrected chi connectivity index (χ4v) is 2.68. The molecule has 0 saturated carbocycles. The van der Waals surface area contributed by atoms with Crippen molar-refractivity contribution in [3.63, 3.8) is 0 Å². The highest BCUT2D eigenvalue weighted by atomic mass is 19.1. The fourth-order valence-electron chi connectivity index (χ4n) is 2.68. The number of halogens is 1. The molecule has 3 rings (SSSR count). The molecule has 0 spiro atoms. The average Bonchev–Trinajstić information content (AvgIpc) is 3.21. The molecule has 0 bridgehead atoms. The summed E-state index contributed by atoms with van der Waals surface area (Å²) in [6.45, 7) is 1.91. The van der Waals surface area contributed by atoms with E-state index >= 15 is 0 Å². The molecule has 6 nitrogen and oxygen atoms in total. The minimum absolute atomic E-state index is 0.195. The Morgan fingerprint density at radius 2 is 1.96 bits per heavy atom.